The summed E-state index contributed by atoms with van der Waals surface area (Å²) in [6, 6.07) is 5.71. The summed E-state index contributed by atoms with van der Waals surface area (Å²) < 4.78 is 57.7. The summed E-state index contributed by atoms with van der Waals surface area (Å²) in [6.07, 6.45) is 1.46. The summed E-state index contributed by atoms with van der Waals surface area (Å²) in [4.78, 5) is -0.339. The van der Waals surface area contributed by atoms with Gasteiger partial charge in [-0.25, -0.2) is 17.2 Å². The van der Waals surface area contributed by atoms with Gasteiger partial charge in [-0.15, -0.1) is 0 Å². The van der Waals surface area contributed by atoms with Gasteiger partial charge in [0.2, 0.25) is 0 Å². The van der Waals surface area contributed by atoms with E-state index in [2.05, 4.69) is 21.7 Å². The van der Waals surface area contributed by atoms with E-state index in [1.807, 2.05) is 0 Å². The summed E-state index contributed by atoms with van der Waals surface area (Å²) in [5, 5.41) is 4.03. The Morgan fingerprint density at radius 3 is 2.52 bits per heavy atom. The van der Waals surface area contributed by atoms with Crippen LogP contribution >= 0.6 is 23.2 Å². The molecule has 0 bridgehead atoms. The highest BCUT2D eigenvalue weighted by Gasteiger charge is 2.22. The Balaban J connectivity index is 2.01. The number of sulfonamides is 1. The van der Waals surface area contributed by atoms with Crippen molar-refractivity contribution < 1.29 is 17.2 Å². The molecular formula is C19H13Cl2F2N3O2S. The average molecular weight is 456 g/mol. The highest BCUT2D eigenvalue weighted by atomic mass is 35.5. The number of nitrogens with one attached hydrogen (secondary N) is 1. The molecule has 3 rings (SSSR count). The Hall–Kier alpha value is -2.60. The zero-order chi connectivity index (χ0) is 21.3. The molecule has 150 valence electrons. The van der Waals surface area contributed by atoms with Gasteiger partial charge in [0, 0.05) is 12.1 Å². The van der Waals surface area contributed by atoms with E-state index in [0.717, 1.165) is 18.2 Å². The third kappa shape index (κ3) is 4.37. The predicted octanol–water partition coefficient (Wildman–Crippen LogP) is 4.51. The summed E-state index contributed by atoms with van der Waals surface area (Å²) in [5.41, 5.74) is 0.147. The van der Waals surface area contributed by atoms with Gasteiger partial charge in [0.1, 0.15) is 10.7 Å². The smallest absolute Gasteiger partial charge is 0.263 e. The molecule has 0 spiro atoms. The lowest BCUT2D eigenvalue weighted by Gasteiger charge is -2.11. The van der Waals surface area contributed by atoms with Gasteiger partial charge in [-0.05, 0) is 37.3 Å². The first kappa shape index (κ1) is 21.1. The number of hydrogen-bond acceptors (Lipinski definition) is 3. The standard InChI is InChI=1S/C19H13Cl2F2N3O2S/c1-11-12(10-24-26(11)2)3-5-14-16(22)7-8-17(19(14)23)25-29(27,28)18-9-13(20)4-6-15(18)21/h4,6-10,25H,1-2H3. The number of anilines is 1. The molecule has 1 N–H and O–H groups in total. The summed E-state index contributed by atoms with van der Waals surface area (Å²) in [6.45, 7) is 1.75. The SMILES string of the molecule is Cc1c(C#Cc2c(F)ccc(NS(=O)(=O)c3cc(Cl)ccc3Cl)c2F)cnn1C. The minimum Gasteiger partial charge on any atom is -0.277 e. The molecule has 10 heteroatoms. The second-order valence-electron chi connectivity index (χ2n) is 5.98. The van der Waals surface area contributed by atoms with E-state index in [-0.39, 0.29) is 14.9 Å². The molecule has 0 aliphatic heterocycles. The lowest BCUT2D eigenvalue weighted by atomic mass is 10.1. The van der Waals surface area contributed by atoms with Crippen molar-refractivity contribution in [1.82, 2.24) is 9.78 Å². The highest BCUT2D eigenvalue weighted by Crippen LogP contribution is 2.28. The molecule has 3 aromatic rings. The van der Waals surface area contributed by atoms with Crippen molar-refractivity contribution in [1.29, 1.82) is 0 Å². The molecule has 0 saturated heterocycles. The molecule has 0 atom stereocenters. The Labute approximate surface area is 176 Å². The van der Waals surface area contributed by atoms with Crippen LogP contribution in [0.15, 0.2) is 41.4 Å². The van der Waals surface area contributed by atoms with Crippen LogP contribution in [0.4, 0.5) is 14.5 Å². The maximum atomic E-state index is 14.8. The molecule has 1 heterocycles. The third-order valence-electron chi connectivity index (χ3n) is 4.08. The van der Waals surface area contributed by atoms with E-state index in [0.29, 0.717) is 11.3 Å². The van der Waals surface area contributed by atoms with Gasteiger partial charge in [0.15, 0.2) is 5.82 Å². The Bertz CT molecular complexity index is 1280. The van der Waals surface area contributed by atoms with Gasteiger partial charge in [-0.3, -0.25) is 9.40 Å². The van der Waals surface area contributed by atoms with Gasteiger partial charge in [-0.2, -0.15) is 5.10 Å². The van der Waals surface area contributed by atoms with E-state index in [4.69, 9.17) is 23.2 Å². The van der Waals surface area contributed by atoms with Crippen LogP contribution in [0, 0.1) is 30.4 Å². The van der Waals surface area contributed by atoms with E-state index in [9.17, 15) is 17.2 Å². The topological polar surface area (TPSA) is 64.0 Å². The number of aromatic nitrogens is 2. The lowest BCUT2D eigenvalue weighted by molar-refractivity contribution is 0.578. The normalized spacial score (nSPS) is 11.1. The molecule has 1 aromatic heterocycles. The van der Waals surface area contributed by atoms with Crippen molar-refractivity contribution in [3.8, 4) is 11.8 Å². The van der Waals surface area contributed by atoms with Gasteiger partial charge < -0.3 is 0 Å². The van der Waals surface area contributed by atoms with Crippen LogP contribution < -0.4 is 4.72 Å². The number of rotatable bonds is 3. The van der Waals surface area contributed by atoms with Crippen LogP contribution in [0.3, 0.4) is 0 Å². The first-order chi connectivity index (χ1) is 13.6. The van der Waals surface area contributed by atoms with Gasteiger partial charge in [0.25, 0.3) is 10.0 Å². The maximum absolute atomic E-state index is 14.8. The van der Waals surface area contributed by atoms with Crippen molar-refractivity contribution in [2.75, 3.05) is 4.72 Å². The van der Waals surface area contributed by atoms with Crippen LogP contribution in [0.2, 0.25) is 10.0 Å². The second kappa shape index (κ2) is 8.03. The molecule has 0 aliphatic carbocycles. The molecule has 29 heavy (non-hydrogen) atoms. The van der Waals surface area contributed by atoms with E-state index in [1.165, 1.54) is 18.3 Å². The molecule has 0 radical (unpaired) electrons. The number of benzene rings is 2. The summed E-state index contributed by atoms with van der Waals surface area (Å²) in [7, 11) is -2.57. The fourth-order valence-electron chi connectivity index (χ4n) is 2.38. The van der Waals surface area contributed by atoms with Crippen LogP contribution in [0.25, 0.3) is 0 Å². The Morgan fingerprint density at radius 2 is 1.86 bits per heavy atom. The molecule has 0 amide bonds. The van der Waals surface area contributed by atoms with Crippen molar-refractivity contribution in [3.63, 3.8) is 0 Å². The maximum Gasteiger partial charge on any atom is 0.263 e. The fraction of sp³-hybridized carbons (Fsp3) is 0.105. The van der Waals surface area contributed by atoms with Gasteiger partial charge in [-0.1, -0.05) is 35.0 Å². The minimum atomic E-state index is -4.28. The van der Waals surface area contributed by atoms with Crippen LogP contribution in [-0.4, -0.2) is 18.2 Å². The molecule has 0 unspecified atom stereocenters. The zero-order valence-electron chi connectivity index (χ0n) is 15.1. The fourth-order valence-corrected chi connectivity index (χ4v) is 4.20. The first-order valence-corrected chi connectivity index (χ1v) is 10.3. The number of halogens is 4. The Morgan fingerprint density at radius 1 is 1.14 bits per heavy atom. The number of nitrogens with zero attached hydrogens (tertiary/aromatic N) is 2. The molecule has 0 fully saturated rings. The van der Waals surface area contributed by atoms with Crippen molar-refractivity contribution in [2.45, 2.75) is 11.8 Å². The Kier molecular flexibility index (Phi) is 5.85. The lowest BCUT2D eigenvalue weighted by Crippen LogP contribution is -2.15. The average Bonchev–Trinajstić information content (AvgIpc) is 2.98. The predicted molar refractivity (Wildman–Crippen MR) is 108 cm³/mol. The van der Waals surface area contributed by atoms with Crippen molar-refractivity contribution in [2.24, 2.45) is 7.05 Å². The molecule has 0 aliphatic rings. The zero-order valence-corrected chi connectivity index (χ0v) is 17.4. The van der Waals surface area contributed by atoms with E-state index < -0.39 is 32.9 Å². The third-order valence-corrected chi connectivity index (χ3v) is 6.16. The van der Waals surface area contributed by atoms with Crippen molar-refractivity contribution >= 4 is 38.9 Å². The quantitative estimate of drug-likeness (QED) is 0.590. The van der Waals surface area contributed by atoms with E-state index in [1.54, 1.807) is 18.7 Å². The number of hydrogen-bond donors (Lipinski definition) is 1. The van der Waals surface area contributed by atoms with E-state index >= 15 is 0 Å². The molecule has 2 aromatic carbocycles. The minimum absolute atomic E-state index is 0.100. The van der Waals surface area contributed by atoms with Crippen molar-refractivity contribution in [3.05, 3.63) is 75.0 Å². The largest absolute Gasteiger partial charge is 0.277 e. The van der Waals surface area contributed by atoms with Gasteiger partial charge in [0.05, 0.1) is 33.7 Å². The first-order valence-electron chi connectivity index (χ1n) is 8.06. The van der Waals surface area contributed by atoms with Crippen LogP contribution in [0.5, 0.6) is 0 Å². The summed E-state index contributed by atoms with van der Waals surface area (Å²) in [5.74, 6) is 2.96. The molecule has 5 nitrogen and oxygen atoms in total. The second-order valence-corrected chi connectivity index (χ2v) is 8.48. The highest BCUT2D eigenvalue weighted by molar-refractivity contribution is 7.92. The molecule has 0 saturated carbocycles. The summed E-state index contributed by atoms with van der Waals surface area (Å²) >= 11 is 11.7. The van der Waals surface area contributed by atoms with Crippen LogP contribution in [-0.2, 0) is 17.1 Å². The molecular weight excluding hydrogens is 443 g/mol. The number of aryl methyl sites for hydroxylation is 1. The van der Waals surface area contributed by atoms with Gasteiger partial charge >= 0.3 is 0 Å². The monoisotopic (exact) mass is 455 g/mol. The van der Waals surface area contributed by atoms with Crippen LogP contribution in [0.1, 0.15) is 16.8 Å².